The maximum absolute atomic E-state index is 13.6. The molecule has 5 nitrogen and oxygen atoms in total. The number of benzene rings is 1. The zero-order valence-electron chi connectivity index (χ0n) is 12.2. The lowest BCUT2D eigenvalue weighted by molar-refractivity contribution is 0.218. The molecule has 2 amide bonds. The maximum Gasteiger partial charge on any atom is 0.315 e. The second-order valence-electron chi connectivity index (χ2n) is 5.11. The molecule has 0 aromatic heterocycles. The molecule has 0 bridgehead atoms. The number of aliphatic hydroxyl groups excluding tert-OH is 1. The van der Waals surface area contributed by atoms with Gasteiger partial charge in [-0.1, -0.05) is 19.9 Å². The van der Waals surface area contributed by atoms with Gasteiger partial charge in [-0.25, -0.2) is 9.18 Å². The standard InChI is InChI=1S/C15H20FN3O2/c1-10(2)14(5-6-20)19-15(21)18-9-12-4-3-11(8-17)7-13(12)16/h3-4,7,10,14,20H,5-6,9H2,1-2H3,(H2,18,19,21). The molecule has 0 aliphatic heterocycles. The Balaban J connectivity index is 2.55. The van der Waals surface area contributed by atoms with E-state index in [0.29, 0.717) is 12.0 Å². The number of urea groups is 1. The zero-order chi connectivity index (χ0) is 15.8. The van der Waals surface area contributed by atoms with E-state index < -0.39 is 11.8 Å². The van der Waals surface area contributed by atoms with E-state index in [9.17, 15) is 9.18 Å². The fourth-order valence-electron chi connectivity index (χ4n) is 1.87. The summed E-state index contributed by atoms with van der Waals surface area (Å²) in [4.78, 5) is 11.8. The van der Waals surface area contributed by atoms with Crippen LogP contribution in [0, 0.1) is 23.1 Å². The Kier molecular flexibility index (Phi) is 6.63. The molecular formula is C15H20FN3O2. The molecule has 0 heterocycles. The van der Waals surface area contributed by atoms with Crippen LogP contribution in [0.3, 0.4) is 0 Å². The fourth-order valence-corrected chi connectivity index (χ4v) is 1.87. The first-order chi connectivity index (χ1) is 9.97. The molecule has 0 spiro atoms. The van der Waals surface area contributed by atoms with Crippen LogP contribution in [0.1, 0.15) is 31.4 Å². The number of aliphatic hydroxyl groups is 1. The number of hydrogen-bond donors (Lipinski definition) is 3. The number of amides is 2. The van der Waals surface area contributed by atoms with Gasteiger partial charge in [-0.2, -0.15) is 5.26 Å². The summed E-state index contributed by atoms with van der Waals surface area (Å²) in [7, 11) is 0. The summed E-state index contributed by atoms with van der Waals surface area (Å²) in [6.45, 7) is 3.92. The van der Waals surface area contributed by atoms with Crippen molar-refractivity contribution in [1.29, 1.82) is 5.26 Å². The van der Waals surface area contributed by atoms with Crippen LogP contribution in [0.25, 0.3) is 0 Å². The summed E-state index contributed by atoms with van der Waals surface area (Å²) in [5.74, 6) is -0.334. The Morgan fingerprint density at radius 3 is 2.71 bits per heavy atom. The van der Waals surface area contributed by atoms with Crippen LogP contribution in [0.15, 0.2) is 18.2 Å². The van der Waals surface area contributed by atoms with Crippen LogP contribution in [-0.2, 0) is 6.54 Å². The van der Waals surface area contributed by atoms with E-state index in [1.165, 1.54) is 12.1 Å². The van der Waals surface area contributed by atoms with Crippen molar-refractivity contribution in [2.24, 2.45) is 5.92 Å². The second kappa shape index (κ2) is 8.22. The van der Waals surface area contributed by atoms with Crippen LogP contribution in [-0.4, -0.2) is 23.8 Å². The van der Waals surface area contributed by atoms with Gasteiger partial charge in [0.15, 0.2) is 0 Å². The maximum atomic E-state index is 13.6. The number of carbonyl (C=O) groups is 1. The van der Waals surface area contributed by atoms with Gasteiger partial charge in [0.05, 0.1) is 11.6 Å². The Bertz CT molecular complexity index is 526. The largest absolute Gasteiger partial charge is 0.396 e. The van der Waals surface area contributed by atoms with E-state index in [0.717, 1.165) is 6.07 Å². The van der Waals surface area contributed by atoms with Crippen LogP contribution in [0.4, 0.5) is 9.18 Å². The van der Waals surface area contributed by atoms with Gasteiger partial charge in [-0.05, 0) is 24.5 Å². The first-order valence-corrected chi connectivity index (χ1v) is 6.81. The molecule has 0 saturated heterocycles. The van der Waals surface area contributed by atoms with Gasteiger partial charge >= 0.3 is 6.03 Å². The van der Waals surface area contributed by atoms with Crippen molar-refractivity contribution >= 4 is 6.03 Å². The van der Waals surface area contributed by atoms with Crippen molar-refractivity contribution in [2.45, 2.75) is 32.9 Å². The molecule has 21 heavy (non-hydrogen) atoms. The van der Waals surface area contributed by atoms with Crippen molar-refractivity contribution in [3.63, 3.8) is 0 Å². The van der Waals surface area contributed by atoms with Gasteiger partial charge in [0, 0.05) is 24.8 Å². The van der Waals surface area contributed by atoms with Crippen molar-refractivity contribution < 1.29 is 14.3 Å². The molecule has 0 saturated carbocycles. The Morgan fingerprint density at radius 1 is 1.48 bits per heavy atom. The molecule has 0 aliphatic carbocycles. The number of carbonyl (C=O) groups excluding carboxylic acids is 1. The molecule has 1 atom stereocenters. The third-order valence-corrected chi connectivity index (χ3v) is 3.18. The zero-order valence-corrected chi connectivity index (χ0v) is 12.2. The SMILES string of the molecule is CC(C)C(CCO)NC(=O)NCc1ccc(C#N)cc1F. The molecule has 0 aliphatic rings. The van der Waals surface area contributed by atoms with E-state index >= 15 is 0 Å². The number of nitrogens with one attached hydrogen (secondary N) is 2. The summed E-state index contributed by atoms with van der Waals surface area (Å²) < 4.78 is 13.6. The smallest absolute Gasteiger partial charge is 0.315 e. The Labute approximate surface area is 123 Å². The lowest BCUT2D eigenvalue weighted by atomic mass is 10.0. The van der Waals surface area contributed by atoms with Gasteiger partial charge in [-0.15, -0.1) is 0 Å². The Morgan fingerprint density at radius 2 is 2.19 bits per heavy atom. The van der Waals surface area contributed by atoms with Gasteiger partial charge in [0.2, 0.25) is 0 Å². The molecule has 114 valence electrons. The highest BCUT2D eigenvalue weighted by Gasteiger charge is 2.15. The molecule has 1 aromatic rings. The minimum atomic E-state index is -0.523. The topological polar surface area (TPSA) is 85.2 Å². The molecule has 6 heteroatoms. The number of nitrogens with zero attached hydrogens (tertiary/aromatic N) is 1. The molecule has 1 aromatic carbocycles. The summed E-state index contributed by atoms with van der Waals surface area (Å²) >= 11 is 0. The monoisotopic (exact) mass is 293 g/mol. The average molecular weight is 293 g/mol. The van der Waals surface area contributed by atoms with E-state index in [-0.39, 0.29) is 30.7 Å². The van der Waals surface area contributed by atoms with Crippen LogP contribution < -0.4 is 10.6 Å². The highest BCUT2D eigenvalue weighted by molar-refractivity contribution is 5.74. The van der Waals surface area contributed by atoms with Gasteiger partial charge in [0.25, 0.3) is 0 Å². The quantitative estimate of drug-likeness (QED) is 0.749. The second-order valence-corrected chi connectivity index (χ2v) is 5.11. The fraction of sp³-hybridized carbons (Fsp3) is 0.467. The van der Waals surface area contributed by atoms with E-state index in [1.807, 2.05) is 19.9 Å². The normalized spacial score (nSPS) is 11.8. The average Bonchev–Trinajstić information content (AvgIpc) is 2.45. The van der Waals surface area contributed by atoms with Crippen LogP contribution >= 0.6 is 0 Å². The summed E-state index contributed by atoms with van der Waals surface area (Å²) in [5.41, 5.74) is 0.552. The minimum Gasteiger partial charge on any atom is -0.396 e. The minimum absolute atomic E-state index is 0.00657. The van der Waals surface area contributed by atoms with E-state index in [4.69, 9.17) is 10.4 Å². The van der Waals surface area contributed by atoms with Gasteiger partial charge < -0.3 is 15.7 Å². The number of rotatable bonds is 6. The molecule has 1 rings (SSSR count). The van der Waals surface area contributed by atoms with Crippen LogP contribution in [0.2, 0.25) is 0 Å². The molecule has 0 fully saturated rings. The summed E-state index contributed by atoms with van der Waals surface area (Å²) in [6, 6.07) is 5.41. The molecular weight excluding hydrogens is 273 g/mol. The van der Waals surface area contributed by atoms with Gasteiger partial charge in [-0.3, -0.25) is 0 Å². The third-order valence-electron chi connectivity index (χ3n) is 3.18. The summed E-state index contributed by atoms with van der Waals surface area (Å²) in [5, 5.41) is 22.9. The highest BCUT2D eigenvalue weighted by atomic mass is 19.1. The first kappa shape index (κ1) is 16.9. The van der Waals surface area contributed by atoms with Crippen molar-refractivity contribution in [3.8, 4) is 6.07 Å². The van der Waals surface area contributed by atoms with E-state index in [2.05, 4.69) is 10.6 Å². The number of halogens is 1. The number of nitriles is 1. The third kappa shape index (κ3) is 5.40. The first-order valence-electron chi connectivity index (χ1n) is 6.81. The predicted molar refractivity (Wildman–Crippen MR) is 76.8 cm³/mol. The van der Waals surface area contributed by atoms with Gasteiger partial charge in [0.1, 0.15) is 5.82 Å². The lowest BCUT2D eigenvalue weighted by Gasteiger charge is -2.21. The van der Waals surface area contributed by atoms with Crippen molar-refractivity contribution in [1.82, 2.24) is 10.6 Å². The summed E-state index contributed by atoms with van der Waals surface area (Å²) in [6.07, 6.45) is 0.469. The highest BCUT2D eigenvalue weighted by Crippen LogP contribution is 2.10. The lowest BCUT2D eigenvalue weighted by Crippen LogP contribution is -2.44. The van der Waals surface area contributed by atoms with E-state index in [1.54, 1.807) is 0 Å². The molecule has 0 radical (unpaired) electrons. The molecule has 3 N–H and O–H groups in total. The van der Waals surface area contributed by atoms with Crippen molar-refractivity contribution in [2.75, 3.05) is 6.61 Å². The van der Waals surface area contributed by atoms with Crippen molar-refractivity contribution in [3.05, 3.63) is 35.1 Å². The predicted octanol–water partition coefficient (Wildman–Crippen LogP) is 1.90. The molecule has 1 unspecified atom stereocenters. The van der Waals surface area contributed by atoms with Crippen LogP contribution in [0.5, 0.6) is 0 Å². The number of hydrogen-bond acceptors (Lipinski definition) is 3. The Hall–Kier alpha value is -2.13.